The van der Waals surface area contributed by atoms with Gasteiger partial charge in [0.05, 0.1) is 0 Å². The van der Waals surface area contributed by atoms with Crippen molar-refractivity contribution in [2.75, 3.05) is 0 Å². The van der Waals surface area contributed by atoms with Crippen LogP contribution in [0.25, 0.3) is 21.9 Å². The fourth-order valence-corrected chi connectivity index (χ4v) is 2.02. The van der Waals surface area contributed by atoms with Crippen LogP contribution in [-0.4, -0.2) is 0 Å². The second kappa shape index (κ2) is 4.62. The van der Waals surface area contributed by atoms with Gasteiger partial charge in [0.2, 0.25) is 0 Å². The van der Waals surface area contributed by atoms with Crippen molar-refractivity contribution in [2.45, 2.75) is 27.7 Å². The van der Waals surface area contributed by atoms with Gasteiger partial charge in [-0.3, -0.25) is 0 Å². The van der Waals surface area contributed by atoms with Crippen molar-refractivity contribution in [3.63, 3.8) is 0 Å². The first kappa shape index (κ1) is 11.7. The molecule has 0 aliphatic heterocycles. The molecule has 0 saturated heterocycles. The number of fused-ring (bicyclic) bond motifs is 3. The molecule has 0 saturated carbocycles. The van der Waals surface area contributed by atoms with Gasteiger partial charge in [-0.05, 0) is 31.0 Å². The Balaban J connectivity index is 0.000000514. The number of furan rings is 1. The fraction of sp³-hybridized carbons (Fsp3) is 0.250. The van der Waals surface area contributed by atoms with Crippen molar-refractivity contribution in [3.05, 3.63) is 47.5 Å². The van der Waals surface area contributed by atoms with Gasteiger partial charge >= 0.3 is 0 Å². The van der Waals surface area contributed by atoms with Crippen molar-refractivity contribution < 1.29 is 4.42 Å². The molecule has 0 bridgehead atoms. The van der Waals surface area contributed by atoms with Gasteiger partial charge in [0.25, 0.3) is 0 Å². The molecule has 2 aromatic carbocycles. The average Bonchev–Trinajstić information content (AvgIpc) is 2.76. The molecule has 0 atom stereocenters. The number of rotatable bonds is 0. The highest BCUT2D eigenvalue weighted by Gasteiger charge is 2.08. The van der Waals surface area contributed by atoms with E-state index in [9.17, 15) is 0 Å². The van der Waals surface area contributed by atoms with E-state index in [2.05, 4.69) is 32.0 Å². The zero-order valence-electron chi connectivity index (χ0n) is 10.9. The van der Waals surface area contributed by atoms with Crippen LogP contribution in [0, 0.1) is 13.8 Å². The van der Waals surface area contributed by atoms with Gasteiger partial charge in [0.15, 0.2) is 0 Å². The van der Waals surface area contributed by atoms with E-state index >= 15 is 0 Å². The van der Waals surface area contributed by atoms with Gasteiger partial charge in [0.1, 0.15) is 11.2 Å². The lowest BCUT2D eigenvalue weighted by Crippen LogP contribution is -1.79. The quantitative estimate of drug-likeness (QED) is 0.511. The predicted octanol–water partition coefficient (Wildman–Crippen LogP) is 5.23. The smallest absolute Gasteiger partial charge is 0.138 e. The van der Waals surface area contributed by atoms with E-state index in [1.54, 1.807) is 0 Å². The van der Waals surface area contributed by atoms with Crippen LogP contribution in [-0.2, 0) is 0 Å². The lowest BCUT2D eigenvalue weighted by molar-refractivity contribution is 0.665. The summed E-state index contributed by atoms with van der Waals surface area (Å²) in [6.07, 6.45) is 0. The van der Waals surface area contributed by atoms with Crippen LogP contribution in [0.15, 0.2) is 40.8 Å². The van der Waals surface area contributed by atoms with Crippen LogP contribution in [0.3, 0.4) is 0 Å². The summed E-state index contributed by atoms with van der Waals surface area (Å²) in [4.78, 5) is 0. The SMILES string of the molecule is CC.Cc1ccc2c(oc3ccccc32)c1C. The molecule has 0 aliphatic carbocycles. The molecule has 88 valence electrons. The monoisotopic (exact) mass is 226 g/mol. The summed E-state index contributed by atoms with van der Waals surface area (Å²) in [6, 6.07) is 12.5. The molecular formula is C16H18O. The van der Waals surface area contributed by atoms with Gasteiger partial charge in [-0.15, -0.1) is 0 Å². The summed E-state index contributed by atoms with van der Waals surface area (Å²) in [7, 11) is 0. The van der Waals surface area contributed by atoms with Crippen LogP contribution in [0.4, 0.5) is 0 Å². The number of aryl methyl sites for hydroxylation is 2. The van der Waals surface area contributed by atoms with Crippen LogP contribution in [0.1, 0.15) is 25.0 Å². The minimum Gasteiger partial charge on any atom is -0.456 e. The summed E-state index contributed by atoms with van der Waals surface area (Å²) in [5.41, 5.74) is 4.52. The molecule has 3 rings (SSSR count). The Morgan fingerprint density at radius 2 is 1.53 bits per heavy atom. The summed E-state index contributed by atoms with van der Waals surface area (Å²) in [6.45, 7) is 8.22. The zero-order chi connectivity index (χ0) is 12.4. The Hall–Kier alpha value is -1.76. The van der Waals surface area contributed by atoms with Crippen molar-refractivity contribution >= 4 is 21.9 Å². The summed E-state index contributed by atoms with van der Waals surface area (Å²) >= 11 is 0. The van der Waals surface area contributed by atoms with Gasteiger partial charge in [-0.1, -0.05) is 44.2 Å². The van der Waals surface area contributed by atoms with Gasteiger partial charge < -0.3 is 4.42 Å². The fourth-order valence-electron chi connectivity index (χ4n) is 2.02. The highest BCUT2D eigenvalue weighted by Crippen LogP contribution is 2.31. The maximum absolute atomic E-state index is 5.86. The van der Waals surface area contributed by atoms with E-state index in [-0.39, 0.29) is 0 Å². The molecule has 1 nitrogen and oxygen atoms in total. The third-order valence-corrected chi connectivity index (χ3v) is 3.07. The third-order valence-electron chi connectivity index (χ3n) is 3.07. The summed E-state index contributed by atoms with van der Waals surface area (Å²) < 4.78 is 5.86. The first-order valence-electron chi connectivity index (χ1n) is 6.15. The van der Waals surface area contributed by atoms with E-state index in [1.807, 2.05) is 32.0 Å². The Bertz CT molecular complexity index is 647. The maximum Gasteiger partial charge on any atom is 0.138 e. The van der Waals surface area contributed by atoms with E-state index in [0.717, 1.165) is 11.2 Å². The van der Waals surface area contributed by atoms with Crippen molar-refractivity contribution in [2.24, 2.45) is 0 Å². The molecule has 3 aromatic rings. The van der Waals surface area contributed by atoms with Gasteiger partial charge in [-0.2, -0.15) is 0 Å². The van der Waals surface area contributed by atoms with Crippen molar-refractivity contribution in [1.29, 1.82) is 0 Å². The molecule has 1 heteroatoms. The lowest BCUT2D eigenvalue weighted by Gasteiger charge is -1.98. The minimum absolute atomic E-state index is 0.973. The molecule has 0 spiro atoms. The second-order valence-corrected chi connectivity index (χ2v) is 3.98. The molecule has 0 aliphatic rings. The molecule has 1 heterocycles. The van der Waals surface area contributed by atoms with Gasteiger partial charge in [-0.25, -0.2) is 0 Å². The lowest BCUT2D eigenvalue weighted by atomic mass is 10.1. The summed E-state index contributed by atoms with van der Waals surface area (Å²) in [5.74, 6) is 0. The van der Waals surface area contributed by atoms with Crippen molar-refractivity contribution in [3.8, 4) is 0 Å². The topological polar surface area (TPSA) is 13.1 Å². The third kappa shape index (κ3) is 1.82. The van der Waals surface area contributed by atoms with E-state index in [1.165, 1.54) is 21.9 Å². The van der Waals surface area contributed by atoms with Crippen LogP contribution < -0.4 is 0 Å². The standard InChI is InChI=1S/C14H12O.C2H6/c1-9-7-8-12-11-5-3-4-6-13(11)15-14(12)10(9)2;1-2/h3-8H,1-2H3;1-2H3. The Morgan fingerprint density at radius 1 is 0.824 bits per heavy atom. The molecule has 17 heavy (non-hydrogen) atoms. The molecule has 0 radical (unpaired) electrons. The number of hydrogen-bond donors (Lipinski definition) is 0. The molecule has 0 unspecified atom stereocenters. The number of hydrogen-bond acceptors (Lipinski definition) is 1. The number of para-hydroxylation sites is 1. The molecule has 1 aromatic heterocycles. The largest absolute Gasteiger partial charge is 0.456 e. The minimum atomic E-state index is 0.973. The van der Waals surface area contributed by atoms with Gasteiger partial charge in [0, 0.05) is 10.8 Å². The highest BCUT2D eigenvalue weighted by molar-refractivity contribution is 6.05. The van der Waals surface area contributed by atoms with E-state index in [0.29, 0.717) is 0 Å². The zero-order valence-corrected chi connectivity index (χ0v) is 10.9. The van der Waals surface area contributed by atoms with E-state index < -0.39 is 0 Å². The Kier molecular flexibility index (Phi) is 3.19. The normalized spacial score (nSPS) is 10.4. The molecule has 0 fully saturated rings. The Labute approximate surface area is 102 Å². The first-order chi connectivity index (χ1) is 8.27. The maximum atomic E-state index is 5.86. The predicted molar refractivity (Wildman–Crippen MR) is 74.5 cm³/mol. The van der Waals surface area contributed by atoms with Crippen LogP contribution >= 0.6 is 0 Å². The molecule has 0 amide bonds. The number of benzene rings is 2. The highest BCUT2D eigenvalue weighted by atomic mass is 16.3. The molecular weight excluding hydrogens is 208 g/mol. The second-order valence-electron chi connectivity index (χ2n) is 3.98. The van der Waals surface area contributed by atoms with E-state index in [4.69, 9.17) is 4.42 Å². The first-order valence-corrected chi connectivity index (χ1v) is 6.15. The van der Waals surface area contributed by atoms with Crippen LogP contribution in [0.5, 0.6) is 0 Å². The Morgan fingerprint density at radius 3 is 2.29 bits per heavy atom. The van der Waals surface area contributed by atoms with Crippen molar-refractivity contribution in [1.82, 2.24) is 0 Å². The average molecular weight is 226 g/mol. The summed E-state index contributed by atoms with van der Waals surface area (Å²) in [5, 5.41) is 2.42. The van der Waals surface area contributed by atoms with Crippen LogP contribution in [0.2, 0.25) is 0 Å². The molecule has 0 N–H and O–H groups in total.